The predicted octanol–water partition coefficient (Wildman–Crippen LogP) is -1.53. The molecule has 5 N–H and O–H groups in total. The summed E-state index contributed by atoms with van der Waals surface area (Å²) in [4.78, 5) is 0. The van der Waals surface area contributed by atoms with Crippen molar-refractivity contribution in [1.82, 2.24) is 0 Å². The standard InChI is InChI=1S/C9H13BO5.C7H9BO4/c1-13-7-4-6(10(11)12)5-8(14-2)9(7)15-3;1-12-7-3-2-5(8(10)11)4-6(7)9/h4-5,11-12H,1-3H3;2-4,9-11H,1H3. The zero-order valence-corrected chi connectivity index (χ0v) is 15.4. The van der Waals surface area contributed by atoms with E-state index in [0.29, 0.717) is 23.0 Å². The zero-order chi connectivity index (χ0) is 20.6. The molecule has 0 aromatic heterocycles. The first-order chi connectivity index (χ1) is 12.8. The third kappa shape index (κ3) is 5.97. The van der Waals surface area contributed by atoms with Gasteiger partial charge in [-0.3, -0.25) is 0 Å². The summed E-state index contributed by atoms with van der Waals surface area (Å²) in [5, 5.41) is 44.7. The summed E-state index contributed by atoms with van der Waals surface area (Å²) in [5.74, 6) is 1.40. The van der Waals surface area contributed by atoms with E-state index in [0.717, 1.165) is 0 Å². The largest absolute Gasteiger partial charge is 0.504 e. The van der Waals surface area contributed by atoms with Gasteiger partial charge in [0.15, 0.2) is 23.0 Å². The van der Waals surface area contributed by atoms with Crippen LogP contribution in [0.2, 0.25) is 0 Å². The van der Waals surface area contributed by atoms with Crippen molar-refractivity contribution in [3.05, 3.63) is 30.3 Å². The minimum Gasteiger partial charge on any atom is -0.504 e. The summed E-state index contributed by atoms with van der Waals surface area (Å²) in [6, 6.07) is 7.12. The van der Waals surface area contributed by atoms with Gasteiger partial charge in [-0.2, -0.15) is 0 Å². The highest BCUT2D eigenvalue weighted by molar-refractivity contribution is 6.59. The molecule has 11 heteroatoms. The fourth-order valence-corrected chi connectivity index (χ4v) is 2.12. The molecule has 0 aliphatic rings. The molecule has 9 nitrogen and oxygen atoms in total. The average molecular weight is 380 g/mol. The fraction of sp³-hybridized carbons (Fsp3) is 0.250. The SMILES string of the molecule is COc1cc(B(O)O)cc(OC)c1OC.COc1ccc(B(O)O)cc1O. The topological polar surface area (TPSA) is 138 Å². The highest BCUT2D eigenvalue weighted by atomic mass is 16.5. The van der Waals surface area contributed by atoms with Crippen molar-refractivity contribution in [3.8, 4) is 28.7 Å². The van der Waals surface area contributed by atoms with Gasteiger partial charge in [-0.15, -0.1) is 0 Å². The molecular formula is C16H22B2O9. The van der Waals surface area contributed by atoms with Crippen LogP contribution in [0.25, 0.3) is 0 Å². The number of benzene rings is 2. The molecule has 0 amide bonds. The number of phenols is 1. The van der Waals surface area contributed by atoms with Crippen molar-refractivity contribution in [1.29, 1.82) is 0 Å². The van der Waals surface area contributed by atoms with E-state index in [-0.39, 0.29) is 16.7 Å². The van der Waals surface area contributed by atoms with Crippen LogP contribution in [0.1, 0.15) is 0 Å². The van der Waals surface area contributed by atoms with Crippen LogP contribution in [0, 0.1) is 0 Å². The van der Waals surface area contributed by atoms with Gasteiger partial charge < -0.3 is 44.2 Å². The maximum absolute atomic E-state index is 9.19. The first kappa shape index (κ1) is 22.5. The minimum absolute atomic E-state index is 0.108. The third-order valence-electron chi connectivity index (χ3n) is 3.49. The number of phenolic OH excluding ortho intramolecular Hbond substituents is 1. The second-order valence-corrected chi connectivity index (χ2v) is 5.14. The minimum atomic E-state index is -1.57. The van der Waals surface area contributed by atoms with Gasteiger partial charge in [-0.05, 0) is 35.2 Å². The summed E-state index contributed by atoms with van der Waals surface area (Å²) in [6.07, 6.45) is 0. The van der Waals surface area contributed by atoms with Crippen LogP contribution in [0.5, 0.6) is 28.7 Å². The number of ether oxygens (including phenoxy) is 4. The van der Waals surface area contributed by atoms with Gasteiger partial charge in [0.2, 0.25) is 5.75 Å². The molecule has 0 atom stereocenters. The Kier molecular flexibility index (Phi) is 8.76. The molecule has 0 saturated carbocycles. The molecule has 0 spiro atoms. The van der Waals surface area contributed by atoms with E-state index >= 15 is 0 Å². The monoisotopic (exact) mass is 380 g/mol. The number of aromatic hydroxyl groups is 1. The van der Waals surface area contributed by atoms with Gasteiger partial charge in [0.05, 0.1) is 28.4 Å². The van der Waals surface area contributed by atoms with Gasteiger partial charge in [-0.25, -0.2) is 0 Å². The predicted molar refractivity (Wildman–Crippen MR) is 100 cm³/mol. The van der Waals surface area contributed by atoms with Gasteiger partial charge in [0.25, 0.3) is 0 Å². The molecule has 0 fully saturated rings. The Bertz CT molecular complexity index is 713. The molecule has 0 aliphatic heterocycles. The highest BCUT2D eigenvalue weighted by Crippen LogP contribution is 2.35. The molecule has 146 valence electrons. The maximum Gasteiger partial charge on any atom is 0.488 e. The van der Waals surface area contributed by atoms with E-state index in [4.69, 9.17) is 39.0 Å². The number of rotatable bonds is 6. The summed E-state index contributed by atoms with van der Waals surface area (Å²) in [5.41, 5.74) is 0.512. The lowest BCUT2D eigenvalue weighted by atomic mass is 9.80. The zero-order valence-electron chi connectivity index (χ0n) is 15.4. The molecule has 0 aliphatic carbocycles. The summed E-state index contributed by atoms with van der Waals surface area (Å²) >= 11 is 0. The molecule has 0 bridgehead atoms. The lowest BCUT2D eigenvalue weighted by Crippen LogP contribution is -2.30. The van der Waals surface area contributed by atoms with Crippen molar-refractivity contribution in [2.24, 2.45) is 0 Å². The Hall–Kier alpha value is -2.59. The Morgan fingerprint density at radius 3 is 1.44 bits per heavy atom. The Morgan fingerprint density at radius 1 is 0.630 bits per heavy atom. The van der Waals surface area contributed by atoms with Crippen LogP contribution >= 0.6 is 0 Å². The smallest absolute Gasteiger partial charge is 0.488 e. The molecule has 2 rings (SSSR count). The highest BCUT2D eigenvalue weighted by Gasteiger charge is 2.19. The molecule has 0 saturated heterocycles. The van der Waals surface area contributed by atoms with Crippen molar-refractivity contribution in [2.45, 2.75) is 0 Å². The van der Waals surface area contributed by atoms with E-state index in [9.17, 15) is 5.11 Å². The van der Waals surface area contributed by atoms with E-state index in [2.05, 4.69) is 0 Å². The van der Waals surface area contributed by atoms with Crippen LogP contribution in [-0.4, -0.2) is 67.9 Å². The molecular weight excluding hydrogens is 358 g/mol. The lowest BCUT2D eigenvalue weighted by molar-refractivity contribution is 0.324. The Morgan fingerprint density at radius 2 is 1.11 bits per heavy atom. The maximum atomic E-state index is 9.19. The number of hydrogen-bond acceptors (Lipinski definition) is 9. The van der Waals surface area contributed by atoms with Crippen molar-refractivity contribution >= 4 is 25.2 Å². The second kappa shape index (κ2) is 10.5. The van der Waals surface area contributed by atoms with Crippen molar-refractivity contribution in [3.63, 3.8) is 0 Å². The van der Waals surface area contributed by atoms with Crippen LogP contribution in [0.15, 0.2) is 30.3 Å². The van der Waals surface area contributed by atoms with Crippen LogP contribution in [0.3, 0.4) is 0 Å². The van der Waals surface area contributed by atoms with E-state index in [1.807, 2.05) is 0 Å². The van der Waals surface area contributed by atoms with Gasteiger partial charge in [0, 0.05) is 0 Å². The first-order valence-electron chi connectivity index (χ1n) is 7.68. The molecule has 2 aromatic carbocycles. The van der Waals surface area contributed by atoms with Gasteiger partial charge in [-0.1, -0.05) is 6.07 Å². The van der Waals surface area contributed by atoms with E-state index in [1.165, 1.54) is 58.8 Å². The van der Waals surface area contributed by atoms with Crippen molar-refractivity contribution < 1.29 is 44.2 Å². The van der Waals surface area contributed by atoms with Gasteiger partial charge >= 0.3 is 14.2 Å². The molecule has 27 heavy (non-hydrogen) atoms. The molecule has 0 radical (unpaired) electrons. The first-order valence-corrected chi connectivity index (χ1v) is 7.68. The van der Waals surface area contributed by atoms with Crippen LogP contribution in [-0.2, 0) is 0 Å². The summed E-state index contributed by atoms with van der Waals surface area (Å²) < 4.78 is 19.9. The van der Waals surface area contributed by atoms with Crippen LogP contribution < -0.4 is 29.9 Å². The summed E-state index contributed by atoms with van der Waals surface area (Å²) in [7, 11) is 2.69. The number of methoxy groups -OCH3 is 4. The Labute approximate surface area is 157 Å². The lowest BCUT2D eigenvalue weighted by Gasteiger charge is -2.13. The second-order valence-electron chi connectivity index (χ2n) is 5.14. The van der Waals surface area contributed by atoms with E-state index in [1.54, 1.807) is 0 Å². The normalized spacial score (nSPS) is 9.63. The fourth-order valence-electron chi connectivity index (χ4n) is 2.12. The summed E-state index contributed by atoms with van der Waals surface area (Å²) in [6.45, 7) is 0. The quantitative estimate of drug-likeness (QED) is 0.378. The molecule has 0 heterocycles. The van der Waals surface area contributed by atoms with Gasteiger partial charge in [0.1, 0.15) is 0 Å². The number of hydrogen-bond donors (Lipinski definition) is 5. The molecule has 2 aromatic rings. The van der Waals surface area contributed by atoms with Crippen LogP contribution in [0.4, 0.5) is 0 Å². The molecule has 0 unspecified atom stereocenters. The average Bonchev–Trinajstić information content (AvgIpc) is 2.66. The third-order valence-corrected chi connectivity index (χ3v) is 3.49. The van der Waals surface area contributed by atoms with E-state index < -0.39 is 14.2 Å². The Balaban J connectivity index is 0.000000277. The van der Waals surface area contributed by atoms with Crippen molar-refractivity contribution in [2.75, 3.05) is 28.4 Å².